The van der Waals surface area contributed by atoms with E-state index in [9.17, 15) is 0 Å². The van der Waals surface area contributed by atoms with Crippen LogP contribution in [0.5, 0.6) is 0 Å². The van der Waals surface area contributed by atoms with Gasteiger partial charge in [0.15, 0.2) is 0 Å². The Morgan fingerprint density at radius 2 is 2.62 bits per heavy atom. The standard InChI is InChI=1S/C8H11N3OS/c9-6-7(10-2-1-4-12)8-11-3-5-13-8/h3,5,7,10,12H,1-2,4H2. The Labute approximate surface area is 80.9 Å². The normalized spacial score (nSPS) is 12.3. The van der Waals surface area contributed by atoms with Crippen LogP contribution in [0.25, 0.3) is 0 Å². The molecule has 1 rings (SSSR count). The van der Waals surface area contributed by atoms with Crippen LogP contribution in [0.4, 0.5) is 0 Å². The summed E-state index contributed by atoms with van der Waals surface area (Å²) in [6.07, 6.45) is 2.33. The van der Waals surface area contributed by atoms with Crippen LogP contribution in [0.3, 0.4) is 0 Å². The van der Waals surface area contributed by atoms with Crippen LogP contribution in [0.2, 0.25) is 0 Å². The van der Waals surface area contributed by atoms with Crippen molar-refractivity contribution in [3.05, 3.63) is 16.6 Å². The molecule has 1 unspecified atom stereocenters. The summed E-state index contributed by atoms with van der Waals surface area (Å²) in [5.41, 5.74) is 0. The minimum absolute atomic E-state index is 0.142. The van der Waals surface area contributed by atoms with E-state index in [1.54, 1.807) is 6.20 Å². The molecule has 5 heteroatoms. The number of rotatable bonds is 5. The van der Waals surface area contributed by atoms with Crippen LogP contribution in [0.1, 0.15) is 17.5 Å². The summed E-state index contributed by atoms with van der Waals surface area (Å²) in [5, 5.41) is 23.0. The van der Waals surface area contributed by atoms with Crippen molar-refractivity contribution in [1.29, 1.82) is 5.26 Å². The smallest absolute Gasteiger partial charge is 0.148 e. The van der Waals surface area contributed by atoms with Gasteiger partial charge in [0.05, 0.1) is 6.07 Å². The maximum Gasteiger partial charge on any atom is 0.148 e. The molecule has 0 saturated heterocycles. The molecule has 70 valence electrons. The Hall–Kier alpha value is -0.960. The van der Waals surface area contributed by atoms with E-state index in [2.05, 4.69) is 16.4 Å². The highest BCUT2D eigenvalue weighted by Crippen LogP contribution is 2.14. The fourth-order valence-electron chi connectivity index (χ4n) is 0.891. The van der Waals surface area contributed by atoms with Gasteiger partial charge >= 0.3 is 0 Å². The van der Waals surface area contributed by atoms with Gasteiger partial charge in [0.2, 0.25) is 0 Å². The maximum atomic E-state index is 8.79. The van der Waals surface area contributed by atoms with Gasteiger partial charge < -0.3 is 5.11 Å². The highest BCUT2D eigenvalue weighted by atomic mass is 32.1. The molecule has 0 spiro atoms. The lowest BCUT2D eigenvalue weighted by atomic mass is 10.3. The third-order valence-corrected chi connectivity index (χ3v) is 2.35. The number of thiazole rings is 1. The number of aromatic nitrogens is 1. The Balaban J connectivity index is 2.41. The minimum Gasteiger partial charge on any atom is -0.396 e. The molecule has 0 aliphatic rings. The van der Waals surface area contributed by atoms with E-state index in [4.69, 9.17) is 10.4 Å². The first-order valence-corrected chi connectivity index (χ1v) is 4.89. The number of nitrogens with one attached hydrogen (secondary N) is 1. The van der Waals surface area contributed by atoms with E-state index in [1.165, 1.54) is 11.3 Å². The highest BCUT2D eigenvalue weighted by Gasteiger charge is 2.10. The van der Waals surface area contributed by atoms with Crippen LogP contribution in [-0.4, -0.2) is 23.2 Å². The van der Waals surface area contributed by atoms with Crippen molar-refractivity contribution < 1.29 is 5.11 Å². The first-order valence-electron chi connectivity index (χ1n) is 4.01. The van der Waals surface area contributed by atoms with Crippen molar-refractivity contribution in [3.8, 4) is 6.07 Å². The Bertz CT molecular complexity index is 267. The molecule has 0 bridgehead atoms. The molecule has 1 atom stereocenters. The summed E-state index contributed by atoms with van der Waals surface area (Å²) >= 11 is 1.46. The lowest BCUT2D eigenvalue weighted by Gasteiger charge is -2.06. The quantitative estimate of drug-likeness (QED) is 0.681. The first-order chi connectivity index (χ1) is 6.38. The fourth-order valence-corrected chi connectivity index (χ4v) is 1.55. The molecular formula is C8H11N3OS. The van der Waals surface area contributed by atoms with Gasteiger partial charge in [-0.2, -0.15) is 5.26 Å². The number of hydrogen-bond donors (Lipinski definition) is 2. The van der Waals surface area contributed by atoms with Crippen molar-refractivity contribution in [1.82, 2.24) is 10.3 Å². The second kappa shape index (κ2) is 5.65. The molecule has 0 saturated carbocycles. The summed E-state index contributed by atoms with van der Waals surface area (Å²) in [6.45, 7) is 0.775. The summed E-state index contributed by atoms with van der Waals surface area (Å²) in [4.78, 5) is 4.04. The maximum absolute atomic E-state index is 8.79. The fraction of sp³-hybridized carbons (Fsp3) is 0.500. The molecule has 0 fully saturated rings. The lowest BCUT2D eigenvalue weighted by molar-refractivity contribution is 0.285. The average molecular weight is 197 g/mol. The van der Waals surface area contributed by atoms with Gasteiger partial charge in [-0.15, -0.1) is 11.3 Å². The second-order valence-electron chi connectivity index (χ2n) is 2.46. The van der Waals surface area contributed by atoms with Crippen molar-refractivity contribution in [2.45, 2.75) is 12.5 Å². The number of nitrogens with zero attached hydrogens (tertiary/aromatic N) is 2. The number of hydrogen-bond acceptors (Lipinski definition) is 5. The van der Waals surface area contributed by atoms with Gasteiger partial charge in [0.25, 0.3) is 0 Å². The zero-order chi connectivity index (χ0) is 9.52. The first kappa shape index (κ1) is 10.1. The van der Waals surface area contributed by atoms with Crippen LogP contribution in [0.15, 0.2) is 11.6 Å². The molecule has 0 aromatic carbocycles. The molecular weight excluding hydrogens is 186 g/mol. The van der Waals surface area contributed by atoms with Crippen LogP contribution >= 0.6 is 11.3 Å². The predicted molar refractivity (Wildman–Crippen MR) is 50.2 cm³/mol. The molecule has 13 heavy (non-hydrogen) atoms. The number of nitriles is 1. The topological polar surface area (TPSA) is 68.9 Å². The zero-order valence-corrected chi connectivity index (χ0v) is 7.92. The van der Waals surface area contributed by atoms with Gasteiger partial charge in [-0.3, -0.25) is 5.32 Å². The zero-order valence-electron chi connectivity index (χ0n) is 7.10. The minimum atomic E-state index is -0.341. The van der Waals surface area contributed by atoms with Gasteiger partial charge in [-0.25, -0.2) is 4.98 Å². The lowest BCUT2D eigenvalue weighted by Crippen LogP contribution is -2.21. The monoisotopic (exact) mass is 197 g/mol. The number of aliphatic hydroxyl groups excluding tert-OH is 1. The largest absolute Gasteiger partial charge is 0.396 e. The Morgan fingerprint density at radius 1 is 1.77 bits per heavy atom. The van der Waals surface area contributed by atoms with Crippen LogP contribution < -0.4 is 5.32 Å². The molecule has 2 N–H and O–H groups in total. The Morgan fingerprint density at radius 3 is 3.15 bits per heavy atom. The van der Waals surface area contributed by atoms with Crippen molar-refractivity contribution in [2.75, 3.05) is 13.2 Å². The highest BCUT2D eigenvalue weighted by molar-refractivity contribution is 7.09. The summed E-state index contributed by atoms with van der Waals surface area (Å²) in [7, 11) is 0. The van der Waals surface area contributed by atoms with Gasteiger partial charge in [0, 0.05) is 18.2 Å². The molecule has 0 aliphatic carbocycles. The van der Waals surface area contributed by atoms with E-state index >= 15 is 0 Å². The molecule has 1 aromatic heterocycles. The van der Waals surface area contributed by atoms with Gasteiger partial charge in [-0.1, -0.05) is 0 Å². The molecule has 4 nitrogen and oxygen atoms in total. The predicted octanol–water partition coefficient (Wildman–Crippen LogP) is 0.680. The van der Waals surface area contributed by atoms with E-state index in [1.807, 2.05) is 5.38 Å². The average Bonchev–Trinajstić information content (AvgIpc) is 2.65. The van der Waals surface area contributed by atoms with E-state index < -0.39 is 0 Å². The Kier molecular flexibility index (Phi) is 4.40. The van der Waals surface area contributed by atoms with E-state index in [0.717, 1.165) is 5.01 Å². The summed E-state index contributed by atoms with van der Waals surface area (Å²) < 4.78 is 0. The molecule has 0 radical (unpaired) electrons. The van der Waals surface area contributed by atoms with Gasteiger partial charge in [0.1, 0.15) is 11.0 Å². The summed E-state index contributed by atoms with van der Waals surface area (Å²) in [6, 6.07) is 1.78. The van der Waals surface area contributed by atoms with Crippen molar-refractivity contribution >= 4 is 11.3 Å². The van der Waals surface area contributed by atoms with Crippen LogP contribution in [-0.2, 0) is 0 Å². The third-order valence-electron chi connectivity index (χ3n) is 1.51. The summed E-state index contributed by atoms with van der Waals surface area (Å²) in [5.74, 6) is 0. The SMILES string of the molecule is N#CC(NCCCO)c1nccs1. The van der Waals surface area contributed by atoms with Crippen molar-refractivity contribution in [2.24, 2.45) is 0 Å². The second-order valence-corrected chi connectivity index (χ2v) is 3.39. The van der Waals surface area contributed by atoms with Crippen LogP contribution in [0, 0.1) is 11.3 Å². The van der Waals surface area contributed by atoms with Crippen molar-refractivity contribution in [3.63, 3.8) is 0 Å². The molecule has 1 heterocycles. The molecule has 0 amide bonds. The molecule has 1 aromatic rings. The molecule has 0 aliphatic heterocycles. The number of aliphatic hydroxyl groups is 1. The van der Waals surface area contributed by atoms with E-state index in [-0.39, 0.29) is 12.6 Å². The third kappa shape index (κ3) is 3.11. The van der Waals surface area contributed by atoms with E-state index in [0.29, 0.717) is 13.0 Å². The van der Waals surface area contributed by atoms with Gasteiger partial charge in [-0.05, 0) is 13.0 Å².